The number of alkyl halides is 1. The van der Waals surface area contributed by atoms with Gasteiger partial charge in [-0.2, -0.15) is 0 Å². The average Bonchev–Trinajstić information content (AvgIpc) is 3.74. The molecule has 0 aliphatic heterocycles. The van der Waals surface area contributed by atoms with E-state index in [1.54, 1.807) is 24.5 Å². The summed E-state index contributed by atoms with van der Waals surface area (Å²) in [5, 5.41) is 4.80. The zero-order valence-electron chi connectivity index (χ0n) is 22.3. The number of pyridine rings is 1. The van der Waals surface area contributed by atoms with Crippen molar-refractivity contribution in [3.63, 3.8) is 0 Å². The maximum Gasteiger partial charge on any atom is 0.233 e. The lowest BCUT2D eigenvalue weighted by atomic mass is 9.94. The number of nitrogens with zero attached hydrogens (tertiary/aromatic N) is 3. The Bertz CT molecular complexity index is 1640. The molecular weight excluding hydrogens is 529 g/mol. The summed E-state index contributed by atoms with van der Waals surface area (Å²) in [5.41, 5.74) is 2.60. The van der Waals surface area contributed by atoms with Crippen LogP contribution in [0.2, 0.25) is 0 Å². The van der Waals surface area contributed by atoms with Crippen LogP contribution in [0.1, 0.15) is 44.1 Å². The lowest BCUT2D eigenvalue weighted by molar-refractivity contribution is 0.239. The molecule has 10 heteroatoms. The van der Waals surface area contributed by atoms with Gasteiger partial charge in [0.1, 0.15) is 11.9 Å². The van der Waals surface area contributed by atoms with E-state index in [1.165, 1.54) is 0 Å². The van der Waals surface area contributed by atoms with Crippen molar-refractivity contribution >= 4 is 32.4 Å². The molecule has 40 heavy (non-hydrogen) atoms. The van der Waals surface area contributed by atoms with E-state index in [0.29, 0.717) is 47.4 Å². The highest BCUT2D eigenvalue weighted by atomic mass is 32.2. The second-order valence-corrected chi connectivity index (χ2v) is 12.5. The zero-order valence-corrected chi connectivity index (χ0v) is 23.1. The molecule has 2 aliphatic rings. The minimum absolute atomic E-state index is 0.00199. The summed E-state index contributed by atoms with van der Waals surface area (Å²) < 4.78 is 48.7. The third-order valence-electron chi connectivity index (χ3n) is 7.44. The molecule has 2 aliphatic carbocycles. The van der Waals surface area contributed by atoms with Gasteiger partial charge in [0, 0.05) is 29.2 Å². The summed E-state index contributed by atoms with van der Waals surface area (Å²) in [6, 6.07) is 14.8. The average molecular weight is 562 g/mol. The molecular formula is C30H32FN5O3S. The lowest BCUT2D eigenvalue weighted by Crippen LogP contribution is -2.28. The first kappa shape index (κ1) is 26.4. The molecule has 0 radical (unpaired) electrons. The van der Waals surface area contributed by atoms with Gasteiger partial charge in [-0.1, -0.05) is 24.3 Å². The van der Waals surface area contributed by atoms with Crippen molar-refractivity contribution in [2.75, 3.05) is 15.8 Å². The van der Waals surface area contributed by atoms with Gasteiger partial charge in [-0.05, 0) is 81.2 Å². The maximum atomic E-state index is 13.9. The van der Waals surface area contributed by atoms with Crippen LogP contribution in [0.3, 0.4) is 0 Å². The fraction of sp³-hybridized carbons (Fsp3) is 0.367. The Morgan fingerprint density at radius 1 is 1.00 bits per heavy atom. The van der Waals surface area contributed by atoms with Crippen LogP contribution in [0, 0.1) is 12.8 Å². The second-order valence-electron chi connectivity index (χ2n) is 10.8. The van der Waals surface area contributed by atoms with Crippen molar-refractivity contribution in [2.45, 2.75) is 57.7 Å². The Labute approximate surface area is 233 Å². The van der Waals surface area contributed by atoms with Crippen LogP contribution in [0.15, 0.2) is 60.9 Å². The number of fused-ring (bicyclic) bond motifs is 1. The van der Waals surface area contributed by atoms with E-state index in [4.69, 9.17) is 9.72 Å². The van der Waals surface area contributed by atoms with E-state index < -0.39 is 16.2 Å². The predicted molar refractivity (Wildman–Crippen MR) is 155 cm³/mol. The SMILES string of the molecule is Cc1cc(NS(=O)(=O)CC2CC2)c2ccccc2c1Oc1ncccc1-c1ccnc(NC2CCCC(F)C2)n1. The lowest BCUT2D eigenvalue weighted by Gasteiger charge is -2.25. The highest BCUT2D eigenvalue weighted by Gasteiger charge is 2.29. The molecule has 2 heterocycles. The molecule has 8 nitrogen and oxygen atoms in total. The van der Waals surface area contributed by atoms with Crippen LogP contribution >= 0.6 is 0 Å². The maximum absolute atomic E-state index is 13.9. The summed E-state index contributed by atoms with van der Waals surface area (Å²) in [7, 11) is -3.46. The van der Waals surface area contributed by atoms with Crippen LogP contribution in [-0.2, 0) is 10.0 Å². The number of nitrogens with one attached hydrogen (secondary N) is 2. The zero-order chi connectivity index (χ0) is 27.7. The van der Waals surface area contributed by atoms with Gasteiger partial charge in [-0.3, -0.25) is 4.72 Å². The van der Waals surface area contributed by atoms with E-state index in [9.17, 15) is 12.8 Å². The largest absolute Gasteiger partial charge is 0.437 e. The quantitative estimate of drug-likeness (QED) is 0.236. The first-order valence-corrected chi connectivity index (χ1v) is 15.4. The third kappa shape index (κ3) is 6.01. The van der Waals surface area contributed by atoms with E-state index in [-0.39, 0.29) is 17.7 Å². The number of aryl methyl sites for hydroxylation is 1. The van der Waals surface area contributed by atoms with E-state index in [2.05, 4.69) is 20.0 Å². The molecule has 208 valence electrons. The Morgan fingerprint density at radius 2 is 1.82 bits per heavy atom. The van der Waals surface area contributed by atoms with Crippen molar-refractivity contribution < 1.29 is 17.5 Å². The molecule has 2 fully saturated rings. The van der Waals surface area contributed by atoms with E-state index >= 15 is 0 Å². The van der Waals surface area contributed by atoms with Gasteiger partial charge >= 0.3 is 0 Å². The summed E-state index contributed by atoms with van der Waals surface area (Å²) in [6.45, 7) is 1.89. The molecule has 6 rings (SSSR count). The monoisotopic (exact) mass is 561 g/mol. The van der Waals surface area contributed by atoms with Crippen molar-refractivity contribution in [3.05, 3.63) is 66.5 Å². The predicted octanol–water partition coefficient (Wildman–Crippen LogP) is 6.64. The van der Waals surface area contributed by atoms with Gasteiger partial charge in [0.25, 0.3) is 0 Å². The third-order valence-corrected chi connectivity index (χ3v) is 8.88. The standard InChI is InChI=1S/C30H32FN5O3S/c1-19-16-27(36-40(37,38)18-20-11-12-20)23-8-2-3-9-24(23)28(19)39-29-25(10-5-14-32-29)26-13-15-33-30(35-26)34-22-7-4-6-21(31)17-22/h2-3,5,8-10,13-16,20-22,36H,4,6-7,11-12,17-18H2,1H3,(H,33,34,35). The Kier molecular flexibility index (Phi) is 7.27. The molecule has 4 aromatic rings. The number of hydrogen-bond donors (Lipinski definition) is 2. The second kappa shape index (κ2) is 11.0. The summed E-state index contributed by atoms with van der Waals surface area (Å²) in [4.78, 5) is 13.6. The van der Waals surface area contributed by atoms with Gasteiger partial charge in [0.05, 0.1) is 22.7 Å². The van der Waals surface area contributed by atoms with Crippen molar-refractivity contribution in [1.29, 1.82) is 0 Å². The topological polar surface area (TPSA) is 106 Å². The first-order valence-electron chi connectivity index (χ1n) is 13.7. The number of anilines is 2. The van der Waals surface area contributed by atoms with Crippen molar-refractivity contribution in [1.82, 2.24) is 15.0 Å². The molecule has 2 aromatic heterocycles. The molecule has 2 N–H and O–H groups in total. The number of sulfonamides is 1. The fourth-order valence-electron chi connectivity index (χ4n) is 5.30. The number of hydrogen-bond acceptors (Lipinski definition) is 7. The number of halogens is 1. The van der Waals surface area contributed by atoms with Crippen molar-refractivity contribution in [3.8, 4) is 22.9 Å². The van der Waals surface area contributed by atoms with E-state index in [1.807, 2.05) is 43.3 Å². The van der Waals surface area contributed by atoms with Crippen LogP contribution in [0.25, 0.3) is 22.0 Å². The molecule has 2 unspecified atom stereocenters. The van der Waals surface area contributed by atoms with Crippen molar-refractivity contribution in [2.24, 2.45) is 5.92 Å². The van der Waals surface area contributed by atoms with Crippen LogP contribution < -0.4 is 14.8 Å². The molecule has 2 aromatic carbocycles. The molecule has 0 amide bonds. The van der Waals surface area contributed by atoms with Gasteiger partial charge in [0.15, 0.2) is 0 Å². The molecule has 2 atom stereocenters. The first-order chi connectivity index (χ1) is 19.3. The van der Waals surface area contributed by atoms with Crippen LogP contribution in [-0.4, -0.2) is 41.3 Å². The fourth-order valence-corrected chi connectivity index (χ4v) is 6.84. The Balaban J connectivity index is 1.31. The number of ether oxygens (including phenoxy) is 1. The smallest absolute Gasteiger partial charge is 0.233 e. The molecule has 0 saturated heterocycles. The highest BCUT2D eigenvalue weighted by Crippen LogP contribution is 2.40. The summed E-state index contributed by atoms with van der Waals surface area (Å²) in [6.07, 6.45) is 7.23. The number of rotatable bonds is 9. The van der Waals surface area contributed by atoms with Crippen LogP contribution in [0.4, 0.5) is 16.0 Å². The van der Waals surface area contributed by atoms with E-state index in [0.717, 1.165) is 42.0 Å². The van der Waals surface area contributed by atoms with Gasteiger partial charge in [-0.15, -0.1) is 0 Å². The molecule has 0 bridgehead atoms. The number of aromatic nitrogens is 3. The Morgan fingerprint density at radius 3 is 2.62 bits per heavy atom. The normalized spacial score (nSPS) is 19.4. The highest BCUT2D eigenvalue weighted by molar-refractivity contribution is 7.92. The minimum Gasteiger partial charge on any atom is -0.437 e. The van der Waals surface area contributed by atoms with Gasteiger partial charge in [-0.25, -0.2) is 27.8 Å². The molecule has 0 spiro atoms. The summed E-state index contributed by atoms with van der Waals surface area (Å²) in [5.74, 6) is 1.78. The van der Waals surface area contributed by atoms with Gasteiger partial charge < -0.3 is 10.1 Å². The van der Waals surface area contributed by atoms with Gasteiger partial charge in [0.2, 0.25) is 21.9 Å². The molecule has 2 saturated carbocycles. The summed E-state index contributed by atoms with van der Waals surface area (Å²) >= 11 is 0. The Hall–Kier alpha value is -3.79. The van der Waals surface area contributed by atoms with Crippen LogP contribution in [0.5, 0.6) is 11.6 Å². The number of benzene rings is 2. The minimum atomic E-state index is -3.46.